The molecule has 2 aliphatic heterocycles. The highest BCUT2D eigenvalue weighted by Crippen LogP contribution is 2.28. The van der Waals surface area contributed by atoms with Crippen molar-refractivity contribution >= 4 is 23.8 Å². The second kappa shape index (κ2) is 10.2. The van der Waals surface area contributed by atoms with E-state index in [-0.39, 0.29) is 30.7 Å². The quantitative estimate of drug-likeness (QED) is 0.629. The minimum absolute atomic E-state index is 0.00486. The molecular weight excluding hydrogens is 432 g/mol. The minimum atomic E-state index is -0.385. The fraction of sp³-hybridized carbons (Fsp3) is 0.440. The molecule has 4 rings (SSSR count). The van der Waals surface area contributed by atoms with Crippen LogP contribution in [0.3, 0.4) is 0 Å². The molecule has 1 fully saturated rings. The van der Waals surface area contributed by atoms with Gasteiger partial charge in [-0.1, -0.05) is 30.8 Å². The first-order chi connectivity index (χ1) is 16.4. The highest BCUT2D eigenvalue weighted by atomic mass is 16.6. The van der Waals surface area contributed by atoms with Crippen molar-refractivity contribution in [2.24, 2.45) is 0 Å². The predicted octanol–water partition coefficient (Wildman–Crippen LogP) is 3.34. The average molecular weight is 465 g/mol. The number of piperazine rings is 1. The lowest BCUT2D eigenvalue weighted by molar-refractivity contribution is -0.127. The summed E-state index contributed by atoms with van der Waals surface area (Å²) in [5.41, 5.74) is 3.15. The number of hydrogen-bond donors (Lipinski definition) is 1. The number of nitrogens with zero attached hydrogens (tertiary/aromatic N) is 5. The Hall–Kier alpha value is -3.46. The van der Waals surface area contributed by atoms with Crippen LogP contribution in [-0.4, -0.2) is 64.0 Å². The van der Waals surface area contributed by atoms with Crippen LogP contribution < -0.4 is 10.2 Å². The van der Waals surface area contributed by atoms with E-state index in [1.165, 1.54) is 11.6 Å². The minimum Gasteiger partial charge on any atom is -0.444 e. The Balaban J connectivity index is 1.36. The number of aromatic nitrogens is 2. The highest BCUT2D eigenvalue weighted by Gasteiger charge is 2.30. The monoisotopic (exact) mass is 464 g/mol. The van der Waals surface area contributed by atoms with Crippen LogP contribution in [0.25, 0.3) is 0 Å². The molecule has 0 radical (unpaired) electrons. The van der Waals surface area contributed by atoms with Gasteiger partial charge in [-0.25, -0.2) is 9.78 Å². The first kappa shape index (κ1) is 23.7. The number of anilines is 2. The van der Waals surface area contributed by atoms with E-state index in [1.807, 2.05) is 18.7 Å². The molecule has 1 aromatic carbocycles. The van der Waals surface area contributed by atoms with Gasteiger partial charge in [-0.05, 0) is 38.0 Å². The number of nitrogens with one attached hydrogen (secondary N) is 1. The molecule has 1 N–H and O–H groups in total. The summed E-state index contributed by atoms with van der Waals surface area (Å²) in [7, 11) is 0. The summed E-state index contributed by atoms with van der Waals surface area (Å²) >= 11 is 0. The van der Waals surface area contributed by atoms with Crippen molar-refractivity contribution in [1.29, 1.82) is 0 Å². The normalized spacial score (nSPS) is 17.2. The van der Waals surface area contributed by atoms with E-state index in [2.05, 4.69) is 58.0 Å². The topological polar surface area (TPSA) is 90.9 Å². The smallest absolute Gasteiger partial charge is 0.416 e. The standard InChI is InChI=1S/C25H32N6O3/c1-5-22(32)30-12-10-29(11-13-30)15-19-6-8-20(9-7-19)18(4)27-24-26-14-21-16-34-25(33)31(17(2)3)23(21)28-24/h5-9,14,17-18H,1,10-13,15-16H2,2-4H3,(H,26,27,28)/t18-/m1/s1. The van der Waals surface area contributed by atoms with E-state index < -0.39 is 0 Å². The van der Waals surface area contributed by atoms with E-state index in [1.54, 1.807) is 11.1 Å². The van der Waals surface area contributed by atoms with Crippen molar-refractivity contribution in [3.8, 4) is 0 Å². The van der Waals surface area contributed by atoms with Gasteiger partial charge in [0, 0.05) is 45.0 Å². The van der Waals surface area contributed by atoms with Gasteiger partial charge in [0.25, 0.3) is 0 Å². The number of ether oxygens (including phenoxy) is 1. The molecule has 0 unspecified atom stereocenters. The molecule has 1 saturated heterocycles. The lowest BCUT2D eigenvalue weighted by atomic mass is 10.1. The Kier molecular flexibility index (Phi) is 7.12. The van der Waals surface area contributed by atoms with Gasteiger partial charge < -0.3 is 15.0 Å². The van der Waals surface area contributed by atoms with Crippen molar-refractivity contribution in [2.45, 2.75) is 46.0 Å². The van der Waals surface area contributed by atoms with Crippen LogP contribution in [0.15, 0.2) is 43.1 Å². The summed E-state index contributed by atoms with van der Waals surface area (Å²) in [5.74, 6) is 1.08. The van der Waals surface area contributed by atoms with Gasteiger partial charge >= 0.3 is 6.09 Å². The molecule has 9 nitrogen and oxygen atoms in total. The van der Waals surface area contributed by atoms with E-state index in [0.717, 1.165) is 43.9 Å². The molecule has 1 aromatic heterocycles. The lowest BCUT2D eigenvalue weighted by Gasteiger charge is -2.34. The molecule has 34 heavy (non-hydrogen) atoms. The summed E-state index contributed by atoms with van der Waals surface area (Å²) < 4.78 is 5.22. The summed E-state index contributed by atoms with van der Waals surface area (Å²) in [6.45, 7) is 13.7. The fourth-order valence-corrected chi connectivity index (χ4v) is 4.23. The van der Waals surface area contributed by atoms with Crippen LogP contribution in [0, 0.1) is 0 Å². The molecule has 0 aliphatic carbocycles. The SMILES string of the molecule is C=CC(=O)N1CCN(Cc2ccc([C@@H](C)Nc3ncc4c(n3)N(C(C)C)C(=O)OC4)cc2)CC1. The predicted molar refractivity (Wildman–Crippen MR) is 130 cm³/mol. The van der Waals surface area contributed by atoms with Crippen LogP contribution in [0.5, 0.6) is 0 Å². The van der Waals surface area contributed by atoms with Crippen LogP contribution in [0.4, 0.5) is 16.6 Å². The molecule has 3 heterocycles. The molecular formula is C25H32N6O3. The number of amides is 2. The van der Waals surface area contributed by atoms with Gasteiger partial charge in [-0.2, -0.15) is 4.98 Å². The Morgan fingerprint density at radius 1 is 1.18 bits per heavy atom. The molecule has 9 heteroatoms. The number of carbonyl (C=O) groups is 2. The maximum atomic E-state index is 12.2. The van der Waals surface area contributed by atoms with Gasteiger partial charge in [0.2, 0.25) is 11.9 Å². The Morgan fingerprint density at radius 3 is 2.53 bits per heavy atom. The number of cyclic esters (lactones) is 1. The molecule has 0 saturated carbocycles. The van der Waals surface area contributed by atoms with Gasteiger partial charge in [0.1, 0.15) is 12.4 Å². The van der Waals surface area contributed by atoms with Crippen molar-refractivity contribution in [3.63, 3.8) is 0 Å². The van der Waals surface area contributed by atoms with Gasteiger partial charge in [0.15, 0.2) is 0 Å². The zero-order chi connectivity index (χ0) is 24.2. The van der Waals surface area contributed by atoms with E-state index in [9.17, 15) is 9.59 Å². The van der Waals surface area contributed by atoms with Crippen LogP contribution in [-0.2, 0) is 22.7 Å². The van der Waals surface area contributed by atoms with Crippen molar-refractivity contribution in [2.75, 3.05) is 36.4 Å². The largest absolute Gasteiger partial charge is 0.444 e. The fourth-order valence-electron chi connectivity index (χ4n) is 4.23. The molecule has 2 aliphatic rings. The van der Waals surface area contributed by atoms with Crippen molar-refractivity contribution < 1.29 is 14.3 Å². The van der Waals surface area contributed by atoms with Gasteiger partial charge in [0.05, 0.1) is 11.6 Å². The number of carbonyl (C=O) groups excluding carboxylic acids is 2. The van der Waals surface area contributed by atoms with E-state index in [4.69, 9.17) is 4.74 Å². The second-order valence-electron chi connectivity index (χ2n) is 8.97. The molecule has 1 atom stereocenters. The third-order valence-corrected chi connectivity index (χ3v) is 6.22. The number of hydrogen-bond acceptors (Lipinski definition) is 7. The first-order valence-electron chi connectivity index (χ1n) is 11.7. The maximum Gasteiger partial charge on any atom is 0.416 e. The van der Waals surface area contributed by atoms with Crippen molar-refractivity contribution in [3.05, 3.63) is 59.8 Å². The van der Waals surface area contributed by atoms with Crippen LogP contribution in [0.1, 0.15) is 43.5 Å². The zero-order valence-corrected chi connectivity index (χ0v) is 20.0. The molecule has 2 aromatic rings. The first-order valence-corrected chi connectivity index (χ1v) is 11.7. The zero-order valence-electron chi connectivity index (χ0n) is 20.0. The van der Waals surface area contributed by atoms with E-state index >= 15 is 0 Å². The molecule has 0 bridgehead atoms. The Morgan fingerprint density at radius 2 is 1.88 bits per heavy atom. The third-order valence-electron chi connectivity index (χ3n) is 6.22. The van der Waals surface area contributed by atoms with Gasteiger partial charge in [-0.3, -0.25) is 14.6 Å². The second-order valence-corrected chi connectivity index (χ2v) is 8.97. The number of fused-ring (bicyclic) bond motifs is 1. The Labute approximate surface area is 200 Å². The summed E-state index contributed by atoms with van der Waals surface area (Å²) in [4.78, 5) is 38.7. The maximum absolute atomic E-state index is 12.2. The molecule has 2 amide bonds. The number of benzene rings is 1. The third kappa shape index (κ3) is 5.20. The molecule has 180 valence electrons. The molecule has 0 spiro atoms. The highest BCUT2D eigenvalue weighted by molar-refractivity contribution is 5.89. The number of rotatable bonds is 7. The average Bonchev–Trinajstić information content (AvgIpc) is 2.84. The van der Waals surface area contributed by atoms with Crippen molar-refractivity contribution in [1.82, 2.24) is 19.8 Å². The Bertz CT molecular complexity index is 1050. The lowest BCUT2D eigenvalue weighted by Crippen LogP contribution is -2.47. The summed E-state index contributed by atoms with van der Waals surface area (Å²) in [5, 5.41) is 3.35. The van der Waals surface area contributed by atoms with Crippen LogP contribution >= 0.6 is 0 Å². The van der Waals surface area contributed by atoms with Gasteiger partial charge in [-0.15, -0.1) is 0 Å². The van der Waals surface area contributed by atoms with E-state index in [0.29, 0.717) is 11.8 Å². The summed E-state index contributed by atoms with van der Waals surface area (Å²) in [6, 6.07) is 8.42. The van der Waals surface area contributed by atoms with Crippen LogP contribution in [0.2, 0.25) is 0 Å². The summed E-state index contributed by atoms with van der Waals surface area (Å²) in [6.07, 6.45) is 2.71.